The normalized spacial score (nSPS) is 30.1. The van der Waals surface area contributed by atoms with Crippen LogP contribution in [0.3, 0.4) is 0 Å². The van der Waals surface area contributed by atoms with Gasteiger partial charge in [-0.3, -0.25) is 4.79 Å². The van der Waals surface area contributed by atoms with Crippen molar-refractivity contribution in [3.63, 3.8) is 0 Å². The van der Waals surface area contributed by atoms with Gasteiger partial charge in [0.1, 0.15) is 11.5 Å². The highest BCUT2D eigenvalue weighted by Gasteiger charge is 2.47. The molecule has 6 nitrogen and oxygen atoms in total. The van der Waals surface area contributed by atoms with Crippen LogP contribution in [0.2, 0.25) is 0 Å². The molecule has 2 N–H and O–H groups in total. The Morgan fingerprint density at radius 1 is 1.24 bits per heavy atom. The van der Waals surface area contributed by atoms with E-state index in [0.29, 0.717) is 12.8 Å². The maximum Gasteiger partial charge on any atom is 0.410 e. The predicted octanol–water partition coefficient (Wildman–Crippen LogP) is 2.25. The Labute approximate surface area is 126 Å². The summed E-state index contributed by atoms with van der Waals surface area (Å²) in [6.45, 7) is 9.08. The van der Waals surface area contributed by atoms with Crippen molar-refractivity contribution in [2.45, 2.75) is 77.7 Å². The summed E-state index contributed by atoms with van der Waals surface area (Å²) in [6, 6.07) is -0.749. The molecule has 1 saturated heterocycles. The predicted molar refractivity (Wildman–Crippen MR) is 78.0 cm³/mol. The van der Waals surface area contributed by atoms with Gasteiger partial charge in [0, 0.05) is 6.04 Å². The summed E-state index contributed by atoms with van der Waals surface area (Å²) in [4.78, 5) is 25.4. The molecule has 0 radical (unpaired) electrons. The van der Waals surface area contributed by atoms with E-state index < -0.39 is 35.7 Å². The molecule has 122 valence electrons. The quantitative estimate of drug-likeness (QED) is 0.835. The number of hydrogen-bond acceptors (Lipinski definition) is 4. The Balaban J connectivity index is 3.09. The fourth-order valence-corrected chi connectivity index (χ4v) is 2.98. The number of aliphatic hydroxyl groups is 1. The van der Waals surface area contributed by atoms with Crippen LogP contribution < -0.4 is 0 Å². The third kappa shape index (κ3) is 4.09. The molecule has 2 unspecified atom stereocenters. The van der Waals surface area contributed by atoms with E-state index in [2.05, 4.69) is 0 Å². The van der Waals surface area contributed by atoms with Crippen LogP contribution in [0.15, 0.2) is 0 Å². The molecule has 0 aromatic carbocycles. The van der Waals surface area contributed by atoms with Crippen molar-refractivity contribution >= 4 is 12.1 Å². The number of carboxylic acids is 1. The Morgan fingerprint density at radius 3 is 2.19 bits per heavy atom. The van der Waals surface area contributed by atoms with E-state index >= 15 is 0 Å². The lowest BCUT2D eigenvalue weighted by molar-refractivity contribution is -0.154. The molecular formula is C15H27NO5. The highest BCUT2D eigenvalue weighted by Crippen LogP contribution is 2.33. The first-order valence-electron chi connectivity index (χ1n) is 7.54. The van der Waals surface area contributed by atoms with Crippen LogP contribution in [0.5, 0.6) is 0 Å². The van der Waals surface area contributed by atoms with Gasteiger partial charge in [-0.25, -0.2) is 4.79 Å². The van der Waals surface area contributed by atoms with E-state index in [9.17, 15) is 19.8 Å². The molecule has 0 aromatic heterocycles. The molecule has 1 heterocycles. The SMILES string of the molecule is CC[C@H]1CC(O)C(C(=O)O)[C@@H](CC)N1C(=O)OC(C)(C)C. The fourth-order valence-electron chi connectivity index (χ4n) is 2.98. The van der Waals surface area contributed by atoms with E-state index in [1.165, 1.54) is 4.90 Å². The lowest BCUT2D eigenvalue weighted by Gasteiger charge is -2.46. The Bertz CT molecular complexity index is 390. The second-order valence-electron chi connectivity index (χ2n) is 6.59. The van der Waals surface area contributed by atoms with Crippen LogP contribution >= 0.6 is 0 Å². The highest BCUT2D eigenvalue weighted by atomic mass is 16.6. The maximum atomic E-state index is 12.5. The van der Waals surface area contributed by atoms with Gasteiger partial charge in [0.2, 0.25) is 0 Å². The lowest BCUT2D eigenvalue weighted by Crippen LogP contribution is -2.60. The number of carbonyl (C=O) groups is 2. The molecule has 1 rings (SSSR count). The van der Waals surface area contributed by atoms with Gasteiger partial charge in [-0.2, -0.15) is 0 Å². The molecule has 0 aliphatic carbocycles. The number of aliphatic carboxylic acids is 1. The van der Waals surface area contributed by atoms with Crippen LogP contribution in [0.25, 0.3) is 0 Å². The average molecular weight is 301 g/mol. The summed E-state index contributed by atoms with van der Waals surface area (Å²) in [5.74, 6) is -2.04. The van der Waals surface area contributed by atoms with Crippen molar-refractivity contribution in [3.8, 4) is 0 Å². The van der Waals surface area contributed by atoms with Gasteiger partial charge < -0.3 is 19.8 Å². The molecule has 0 saturated carbocycles. The number of hydrogen-bond donors (Lipinski definition) is 2. The van der Waals surface area contributed by atoms with Gasteiger partial charge in [0.25, 0.3) is 0 Å². The van der Waals surface area contributed by atoms with E-state index in [1.807, 2.05) is 13.8 Å². The number of rotatable bonds is 3. The summed E-state index contributed by atoms with van der Waals surface area (Å²) in [6.07, 6.45) is -0.0537. The van der Waals surface area contributed by atoms with Crippen molar-refractivity contribution in [3.05, 3.63) is 0 Å². The van der Waals surface area contributed by atoms with Gasteiger partial charge in [-0.15, -0.1) is 0 Å². The Hall–Kier alpha value is -1.30. The molecule has 0 bridgehead atoms. The summed E-state index contributed by atoms with van der Waals surface area (Å²) in [7, 11) is 0. The number of piperidine rings is 1. The molecule has 0 aromatic rings. The molecule has 1 amide bonds. The van der Waals surface area contributed by atoms with Crippen molar-refractivity contribution in [1.82, 2.24) is 4.90 Å². The first kappa shape index (κ1) is 17.8. The van der Waals surface area contributed by atoms with Gasteiger partial charge in [-0.05, 0) is 40.0 Å². The number of likely N-dealkylation sites (tertiary alicyclic amines) is 1. The Kier molecular flexibility index (Phi) is 5.61. The maximum absolute atomic E-state index is 12.5. The largest absolute Gasteiger partial charge is 0.481 e. The molecule has 6 heteroatoms. The number of carbonyl (C=O) groups excluding carboxylic acids is 1. The molecular weight excluding hydrogens is 274 g/mol. The van der Waals surface area contributed by atoms with E-state index in [-0.39, 0.29) is 12.5 Å². The average Bonchev–Trinajstić information content (AvgIpc) is 2.34. The summed E-state index contributed by atoms with van der Waals surface area (Å²) >= 11 is 0. The fraction of sp³-hybridized carbons (Fsp3) is 0.867. The van der Waals surface area contributed by atoms with E-state index in [1.54, 1.807) is 20.8 Å². The molecule has 4 atom stereocenters. The summed E-state index contributed by atoms with van der Waals surface area (Å²) in [5, 5.41) is 19.5. The van der Waals surface area contributed by atoms with E-state index in [0.717, 1.165) is 0 Å². The molecule has 1 aliphatic heterocycles. The highest BCUT2D eigenvalue weighted by molar-refractivity contribution is 5.75. The zero-order valence-electron chi connectivity index (χ0n) is 13.5. The minimum atomic E-state index is -1.07. The van der Waals surface area contributed by atoms with Crippen LogP contribution in [0.4, 0.5) is 4.79 Å². The number of carboxylic acid groups (broad SMARTS) is 1. The topological polar surface area (TPSA) is 87.1 Å². The second kappa shape index (κ2) is 6.64. The smallest absolute Gasteiger partial charge is 0.410 e. The van der Waals surface area contributed by atoms with Crippen molar-refractivity contribution in [2.75, 3.05) is 0 Å². The van der Waals surface area contributed by atoms with Crippen LogP contribution in [0.1, 0.15) is 53.9 Å². The summed E-state index contributed by atoms with van der Waals surface area (Å²) < 4.78 is 5.42. The lowest BCUT2D eigenvalue weighted by atomic mass is 9.81. The van der Waals surface area contributed by atoms with Crippen LogP contribution in [-0.4, -0.2) is 51.0 Å². The standard InChI is InChI=1S/C15H27NO5/c1-6-9-8-11(17)12(13(18)19)10(7-2)16(9)14(20)21-15(3,4)5/h9-12,17H,6-8H2,1-5H3,(H,18,19)/t9-,10+,11?,12?/m0/s1. The summed E-state index contributed by atoms with van der Waals surface area (Å²) in [5.41, 5.74) is -0.636. The Morgan fingerprint density at radius 2 is 1.81 bits per heavy atom. The molecule has 1 aliphatic rings. The van der Waals surface area contributed by atoms with E-state index in [4.69, 9.17) is 4.74 Å². The number of nitrogens with zero attached hydrogens (tertiary/aromatic N) is 1. The first-order chi connectivity index (χ1) is 9.62. The monoisotopic (exact) mass is 301 g/mol. The van der Waals surface area contributed by atoms with Gasteiger partial charge in [0.15, 0.2) is 0 Å². The van der Waals surface area contributed by atoms with Crippen molar-refractivity contribution in [2.24, 2.45) is 5.92 Å². The van der Waals surface area contributed by atoms with Gasteiger partial charge >= 0.3 is 12.1 Å². The van der Waals surface area contributed by atoms with Crippen LogP contribution in [0, 0.1) is 5.92 Å². The second-order valence-corrected chi connectivity index (χ2v) is 6.59. The van der Waals surface area contributed by atoms with Gasteiger partial charge in [-0.1, -0.05) is 13.8 Å². The van der Waals surface area contributed by atoms with Crippen LogP contribution in [-0.2, 0) is 9.53 Å². The third-order valence-electron chi connectivity index (χ3n) is 3.87. The zero-order valence-corrected chi connectivity index (χ0v) is 13.5. The minimum absolute atomic E-state index is 0.199. The number of ether oxygens (including phenoxy) is 1. The zero-order chi connectivity index (χ0) is 16.4. The third-order valence-corrected chi connectivity index (χ3v) is 3.87. The molecule has 21 heavy (non-hydrogen) atoms. The molecule has 1 fully saturated rings. The first-order valence-corrected chi connectivity index (χ1v) is 7.54. The number of amides is 1. The van der Waals surface area contributed by atoms with Gasteiger partial charge in [0.05, 0.1) is 12.1 Å². The minimum Gasteiger partial charge on any atom is -0.481 e. The number of aliphatic hydroxyl groups excluding tert-OH is 1. The van der Waals surface area contributed by atoms with Crippen molar-refractivity contribution in [1.29, 1.82) is 0 Å². The molecule has 0 spiro atoms. The van der Waals surface area contributed by atoms with Crippen molar-refractivity contribution < 1.29 is 24.5 Å².